The van der Waals surface area contributed by atoms with Crippen molar-refractivity contribution in [1.82, 2.24) is 4.90 Å². The zero-order chi connectivity index (χ0) is 16.3. The number of likely N-dealkylation sites (tertiary alicyclic amines) is 1. The number of esters is 1. The second kappa shape index (κ2) is 10.3. The molecule has 1 heterocycles. The molecule has 1 aliphatic rings. The fourth-order valence-electron chi connectivity index (χ4n) is 2.79. The summed E-state index contributed by atoms with van der Waals surface area (Å²) in [5.74, 6) is 0.340. The Hall–Kier alpha value is -1.55. The first kappa shape index (κ1) is 17.8. The van der Waals surface area contributed by atoms with Gasteiger partial charge in [0.1, 0.15) is 17.9 Å². The first-order valence-corrected chi connectivity index (χ1v) is 8.92. The van der Waals surface area contributed by atoms with Crippen molar-refractivity contribution in [2.24, 2.45) is 0 Å². The molecule has 0 amide bonds. The average molecular weight is 319 g/mol. The number of rotatable bonds is 8. The van der Waals surface area contributed by atoms with Gasteiger partial charge in [0.25, 0.3) is 0 Å². The summed E-state index contributed by atoms with van der Waals surface area (Å²) in [5, 5.41) is 0. The van der Waals surface area contributed by atoms with E-state index in [9.17, 15) is 4.79 Å². The Kier molecular flexibility index (Phi) is 7.95. The molecule has 0 atom stereocenters. The lowest BCUT2D eigenvalue weighted by atomic mass is 10.2. The van der Waals surface area contributed by atoms with Crippen molar-refractivity contribution in [3.8, 4) is 5.75 Å². The third-order valence-electron chi connectivity index (χ3n) is 4.20. The van der Waals surface area contributed by atoms with Crippen LogP contribution in [0.25, 0.3) is 0 Å². The molecule has 0 saturated carbocycles. The van der Waals surface area contributed by atoms with Gasteiger partial charge in [-0.15, -0.1) is 0 Å². The van der Waals surface area contributed by atoms with Crippen LogP contribution in [0, 0.1) is 0 Å². The van der Waals surface area contributed by atoms with Gasteiger partial charge >= 0.3 is 5.97 Å². The second-order valence-electron chi connectivity index (χ2n) is 6.09. The van der Waals surface area contributed by atoms with Crippen LogP contribution in [-0.2, 0) is 4.74 Å². The highest BCUT2D eigenvalue weighted by Gasteiger charge is 2.14. The fraction of sp³-hybridized carbons (Fsp3) is 0.632. The third kappa shape index (κ3) is 6.22. The maximum atomic E-state index is 12.1. The van der Waals surface area contributed by atoms with Crippen LogP contribution in [0.5, 0.6) is 5.75 Å². The minimum absolute atomic E-state index is 0.288. The molecule has 1 saturated heterocycles. The normalized spacial score (nSPS) is 15.9. The lowest BCUT2D eigenvalue weighted by Gasteiger charge is -2.20. The molecule has 0 radical (unpaired) electrons. The quantitative estimate of drug-likeness (QED) is 0.538. The molecule has 23 heavy (non-hydrogen) atoms. The standard InChI is InChI=1S/C19H29NO3/c1-2-3-15-23-19(21)17-10-6-7-11-18(17)22-16-14-20-12-8-4-5-9-13-20/h6-7,10-11H,2-5,8-9,12-16H2,1H3. The van der Waals surface area contributed by atoms with Crippen LogP contribution >= 0.6 is 0 Å². The van der Waals surface area contributed by atoms with Crippen LogP contribution in [0.1, 0.15) is 55.8 Å². The van der Waals surface area contributed by atoms with Crippen molar-refractivity contribution >= 4 is 5.97 Å². The van der Waals surface area contributed by atoms with E-state index in [0.29, 0.717) is 24.5 Å². The van der Waals surface area contributed by atoms with Crippen molar-refractivity contribution in [2.45, 2.75) is 45.4 Å². The van der Waals surface area contributed by atoms with E-state index in [2.05, 4.69) is 11.8 Å². The summed E-state index contributed by atoms with van der Waals surface area (Å²) >= 11 is 0. The van der Waals surface area contributed by atoms with E-state index in [4.69, 9.17) is 9.47 Å². The van der Waals surface area contributed by atoms with Gasteiger partial charge in [-0.05, 0) is 44.5 Å². The predicted octanol–water partition coefficient (Wildman–Crippen LogP) is 3.90. The number of unbranched alkanes of at least 4 members (excludes halogenated alkanes) is 1. The van der Waals surface area contributed by atoms with Crippen molar-refractivity contribution in [3.63, 3.8) is 0 Å². The molecule has 0 unspecified atom stereocenters. The molecule has 0 bridgehead atoms. The van der Waals surface area contributed by atoms with E-state index in [1.54, 1.807) is 6.07 Å². The van der Waals surface area contributed by atoms with Gasteiger partial charge in [0.2, 0.25) is 0 Å². The molecule has 1 aromatic rings. The van der Waals surface area contributed by atoms with E-state index in [1.807, 2.05) is 18.2 Å². The Labute approximate surface area is 139 Å². The van der Waals surface area contributed by atoms with Gasteiger partial charge in [0.05, 0.1) is 6.61 Å². The molecule has 1 fully saturated rings. The third-order valence-corrected chi connectivity index (χ3v) is 4.20. The molecule has 4 nitrogen and oxygen atoms in total. The van der Waals surface area contributed by atoms with Crippen LogP contribution in [0.4, 0.5) is 0 Å². The van der Waals surface area contributed by atoms with Crippen LogP contribution in [-0.4, -0.2) is 43.7 Å². The molecule has 1 aliphatic heterocycles. The summed E-state index contributed by atoms with van der Waals surface area (Å²) in [4.78, 5) is 14.6. The molecule has 2 rings (SSSR count). The maximum Gasteiger partial charge on any atom is 0.341 e. The first-order valence-electron chi connectivity index (χ1n) is 8.92. The van der Waals surface area contributed by atoms with Crippen molar-refractivity contribution in [3.05, 3.63) is 29.8 Å². The van der Waals surface area contributed by atoms with E-state index in [0.717, 1.165) is 32.5 Å². The smallest absolute Gasteiger partial charge is 0.341 e. The Morgan fingerprint density at radius 2 is 1.83 bits per heavy atom. The SMILES string of the molecule is CCCCOC(=O)c1ccccc1OCCN1CCCCCC1. The number of para-hydroxylation sites is 1. The van der Waals surface area contributed by atoms with Gasteiger partial charge in [0.15, 0.2) is 0 Å². The lowest BCUT2D eigenvalue weighted by Crippen LogP contribution is -2.29. The van der Waals surface area contributed by atoms with E-state index in [1.165, 1.54) is 25.7 Å². The maximum absolute atomic E-state index is 12.1. The zero-order valence-corrected chi connectivity index (χ0v) is 14.3. The largest absolute Gasteiger partial charge is 0.491 e. The minimum Gasteiger partial charge on any atom is -0.491 e. The second-order valence-corrected chi connectivity index (χ2v) is 6.09. The number of carbonyl (C=O) groups excluding carboxylic acids is 1. The summed E-state index contributed by atoms with van der Waals surface area (Å²) in [6.07, 6.45) is 7.14. The van der Waals surface area contributed by atoms with E-state index in [-0.39, 0.29) is 5.97 Å². The Balaban J connectivity index is 1.83. The average Bonchev–Trinajstić information content (AvgIpc) is 2.84. The van der Waals surface area contributed by atoms with Crippen LogP contribution in [0.15, 0.2) is 24.3 Å². The lowest BCUT2D eigenvalue weighted by molar-refractivity contribution is 0.0494. The highest BCUT2D eigenvalue weighted by atomic mass is 16.5. The van der Waals surface area contributed by atoms with Crippen LogP contribution in [0.2, 0.25) is 0 Å². The van der Waals surface area contributed by atoms with E-state index < -0.39 is 0 Å². The predicted molar refractivity (Wildman–Crippen MR) is 92.0 cm³/mol. The van der Waals surface area contributed by atoms with Crippen molar-refractivity contribution in [1.29, 1.82) is 0 Å². The number of benzene rings is 1. The van der Waals surface area contributed by atoms with Gasteiger partial charge in [-0.3, -0.25) is 4.90 Å². The highest BCUT2D eigenvalue weighted by Crippen LogP contribution is 2.19. The summed E-state index contributed by atoms with van der Waals surface area (Å²) in [6.45, 7) is 6.39. The van der Waals surface area contributed by atoms with Gasteiger partial charge in [0, 0.05) is 6.54 Å². The molecule has 1 aromatic carbocycles. The molecule has 128 valence electrons. The van der Waals surface area contributed by atoms with E-state index >= 15 is 0 Å². The highest BCUT2D eigenvalue weighted by molar-refractivity contribution is 5.92. The van der Waals surface area contributed by atoms with Crippen LogP contribution in [0.3, 0.4) is 0 Å². The number of nitrogens with zero attached hydrogens (tertiary/aromatic N) is 1. The van der Waals surface area contributed by atoms with Crippen LogP contribution < -0.4 is 4.74 Å². The summed E-state index contributed by atoms with van der Waals surface area (Å²) < 4.78 is 11.2. The van der Waals surface area contributed by atoms with Gasteiger partial charge in [-0.1, -0.05) is 38.3 Å². The Morgan fingerprint density at radius 1 is 1.09 bits per heavy atom. The molecule has 0 N–H and O–H groups in total. The number of ether oxygens (including phenoxy) is 2. The molecule has 4 heteroatoms. The number of hydrogen-bond donors (Lipinski definition) is 0. The van der Waals surface area contributed by atoms with Gasteiger partial charge < -0.3 is 9.47 Å². The molecule has 0 spiro atoms. The Morgan fingerprint density at radius 3 is 2.57 bits per heavy atom. The summed E-state index contributed by atoms with van der Waals surface area (Å²) in [5.41, 5.74) is 0.527. The minimum atomic E-state index is -0.288. The monoisotopic (exact) mass is 319 g/mol. The zero-order valence-electron chi connectivity index (χ0n) is 14.3. The van der Waals surface area contributed by atoms with Crippen molar-refractivity contribution < 1.29 is 14.3 Å². The Bertz CT molecular complexity index is 467. The molecule has 0 aromatic heterocycles. The van der Waals surface area contributed by atoms with Gasteiger partial charge in [-0.25, -0.2) is 4.79 Å². The van der Waals surface area contributed by atoms with Crippen molar-refractivity contribution in [2.75, 3.05) is 32.8 Å². The summed E-state index contributed by atoms with van der Waals surface area (Å²) in [7, 11) is 0. The number of hydrogen-bond acceptors (Lipinski definition) is 4. The molecule has 0 aliphatic carbocycles. The molecular formula is C19H29NO3. The first-order chi connectivity index (χ1) is 11.3. The van der Waals surface area contributed by atoms with Gasteiger partial charge in [-0.2, -0.15) is 0 Å². The fourth-order valence-corrected chi connectivity index (χ4v) is 2.79. The summed E-state index contributed by atoms with van der Waals surface area (Å²) in [6, 6.07) is 7.36. The topological polar surface area (TPSA) is 38.8 Å². The molecular weight excluding hydrogens is 290 g/mol. The number of carbonyl (C=O) groups is 1.